The van der Waals surface area contributed by atoms with Crippen LogP contribution in [0.5, 0.6) is 5.75 Å². The van der Waals surface area contributed by atoms with Gasteiger partial charge < -0.3 is 19.2 Å². The Morgan fingerprint density at radius 1 is 1.32 bits per heavy atom. The predicted octanol–water partition coefficient (Wildman–Crippen LogP) is 1.16. The molecule has 1 N–H and O–H groups in total. The molecule has 0 saturated carbocycles. The Kier molecular flexibility index (Phi) is 3.48. The van der Waals surface area contributed by atoms with E-state index in [2.05, 4.69) is 5.32 Å². The van der Waals surface area contributed by atoms with E-state index in [1.807, 2.05) is 12.1 Å². The highest BCUT2D eigenvalue weighted by molar-refractivity contribution is 5.77. The molecule has 1 aliphatic heterocycles. The van der Waals surface area contributed by atoms with Crippen molar-refractivity contribution in [2.24, 2.45) is 0 Å². The van der Waals surface area contributed by atoms with Crippen molar-refractivity contribution in [2.75, 3.05) is 26.3 Å². The van der Waals surface area contributed by atoms with Crippen molar-refractivity contribution in [1.29, 1.82) is 0 Å². The molecule has 0 spiro atoms. The van der Waals surface area contributed by atoms with Gasteiger partial charge in [-0.1, -0.05) is 0 Å². The van der Waals surface area contributed by atoms with Gasteiger partial charge in [-0.25, -0.2) is 4.79 Å². The zero-order valence-corrected chi connectivity index (χ0v) is 10.4. The highest BCUT2D eigenvalue weighted by atomic mass is 16.5. The van der Waals surface area contributed by atoms with E-state index >= 15 is 0 Å². The molecule has 0 aliphatic carbocycles. The quantitative estimate of drug-likeness (QED) is 0.840. The predicted molar refractivity (Wildman–Crippen MR) is 70.6 cm³/mol. The van der Waals surface area contributed by atoms with Gasteiger partial charge in [0.25, 0.3) is 0 Å². The molecule has 0 bridgehead atoms. The van der Waals surface area contributed by atoms with Crippen molar-refractivity contribution in [3.8, 4) is 5.75 Å². The van der Waals surface area contributed by atoms with Crippen LogP contribution in [0.25, 0.3) is 11.0 Å². The Morgan fingerprint density at radius 3 is 3.05 bits per heavy atom. The smallest absolute Gasteiger partial charge is 0.336 e. The molecule has 1 saturated heterocycles. The third-order valence-corrected chi connectivity index (χ3v) is 3.03. The molecular weight excluding hydrogens is 246 g/mol. The van der Waals surface area contributed by atoms with Crippen molar-refractivity contribution < 1.29 is 13.9 Å². The third-order valence-electron chi connectivity index (χ3n) is 3.03. The van der Waals surface area contributed by atoms with Crippen LogP contribution >= 0.6 is 0 Å². The summed E-state index contributed by atoms with van der Waals surface area (Å²) in [4.78, 5) is 11.2. The topological polar surface area (TPSA) is 60.7 Å². The van der Waals surface area contributed by atoms with Gasteiger partial charge in [-0.2, -0.15) is 0 Å². The minimum atomic E-state index is -0.357. The molecule has 1 aromatic heterocycles. The normalized spacial score (nSPS) is 19.5. The molecule has 19 heavy (non-hydrogen) atoms. The summed E-state index contributed by atoms with van der Waals surface area (Å²) in [6, 6.07) is 8.60. The molecule has 3 rings (SSSR count). The van der Waals surface area contributed by atoms with Gasteiger partial charge in [-0.3, -0.25) is 0 Å². The van der Waals surface area contributed by atoms with E-state index in [0.717, 1.165) is 18.5 Å². The van der Waals surface area contributed by atoms with Gasteiger partial charge in [0.2, 0.25) is 0 Å². The number of hydrogen-bond donors (Lipinski definition) is 1. The largest absolute Gasteiger partial charge is 0.491 e. The lowest BCUT2D eigenvalue weighted by atomic mass is 10.2. The minimum Gasteiger partial charge on any atom is -0.491 e. The van der Waals surface area contributed by atoms with Gasteiger partial charge in [-0.15, -0.1) is 0 Å². The maximum atomic E-state index is 11.2. The molecule has 2 heterocycles. The van der Waals surface area contributed by atoms with E-state index in [0.29, 0.717) is 24.5 Å². The van der Waals surface area contributed by atoms with Gasteiger partial charge >= 0.3 is 5.63 Å². The number of fused-ring (bicyclic) bond motifs is 1. The number of nitrogens with one attached hydrogen (secondary N) is 1. The Morgan fingerprint density at radius 2 is 2.21 bits per heavy atom. The zero-order valence-electron chi connectivity index (χ0n) is 10.4. The van der Waals surface area contributed by atoms with Crippen LogP contribution in [0, 0.1) is 0 Å². The van der Waals surface area contributed by atoms with Crippen molar-refractivity contribution in [3.63, 3.8) is 0 Å². The highest BCUT2D eigenvalue weighted by Gasteiger charge is 2.14. The summed E-state index contributed by atoms with van der Waals surface area (Å²) in [6.45, 7) is 2.87. The lowest BCUT2D eigenvalue weighted by molar-refractivity contribution is 0.000206. The first kappa shape index (κ1) is 12.2. The summed E-state index contributed by atoms with van der Waals surface area (Å²) in [5, 5.41) is 4.12. The summed E-state index contributed by atoms with van der Waals surface area (Å²) >= 11 is 0. The second-order valence-corrected chi connectivity index (χ2v) is 4.46. The van der Waals surface area contributed by atoms with Gasteiger partial charge in [0.1, 0.15) is 24.0 Å². The second kappa shape index (κ2) is 5.42. The molecule has 1 aliphatic rings. The van der Waals surface area contributed by atoms with Crippen LogP contribution in [0.4, 0.5) is 0 Å². The fraction of sp³-hybridized carbons (Fsp3) is 0.357. The van der Waals surface area contributed by atoms with Crippen LogP contribution in [0.2, 0.25) is 0 Å². The molecule has 100 valence electrons. The van der Waals surface area contributed by atoms with E-state index in [-0.39, 0.29) is 11.7 Å². The van der Waals surface area contributed by atoms with E-state index in [1.54, 1.807) is 12.1 Å². The van der Waals surface area contributed by atoms with Gasteiger partial charge in [0.15, 0.2) is 0 Å². The first-order valence-corrected chi connectivity index (χ1v) is 6.30. The maximum absolute atomic E-state index is 11.2. The number of ether oxygens (including phenoxy) is 2. The van der Waals surface area contributed by atoms with Crippen molar-refractivity contribution in [2.45, 2.75) is 6.10 Å². The van der Waals surface area contributed by atoms with Crippen molar-refractivity contribution in [1.82, 2.24) is 5.32 Å². The number of benzene rings is 1. The Hall–Kier alpha value is -1.85. The summed E-state index contributed by atoms with van der Waals surface area (Å²) in [5.41, 5.74) is 0.178. The standard InChI is InChI=1S/C14H15NO4/c16-14-4-2-10-1-3-11(7-13(10)19-14)18-9-12-8-15-5-6-17-12/h1-4,7,12,15H,5-6,8-9H2/t12-/m1/s1. The Balaban J connectivity index is 1.72. The molecular formula is C14H15NO4. The van der Waals surface area contributed by atoms with Gasteiger partial charge in [0, 0.05) is 30.6 Å². The van der Waals surface area contributed by atoms with Crippen LogP contribution in [0.3, 0.4) is 0 Å². The number of hydrogen-bond acceptors (Lipinski definition) is 5. The van der Waals surface area contributed by atoms with Crippen LogP contribution in [0.1, 0.15) is 0 Å². The lowest BCUT2D eigenvalue weighted by Gasteiger charge is -2.23. The summed E-state index contributed by atoms with van der Waals surface area (Å²) < 4.78 is 16.3. The van der Waals surface area contributed by atoms with Crippen molar-refractivity contribution in [3.05, 3.63) is 40.8 Å². The molecule has 1 atom stereocenters. The Bertz CT molecular complexity index is 616. The monoisotopic (exact) mass is 261 g/mol. The maximum Gasteiger partial charge on any atom is 0.336 e. The fourth-order valence-electron chi connectivity index (χ4n) is 2.05. The summed E-state index contributed by atoms with van der Waals surface area (Å²) in [7, 11) is 0. The van der Waals surface area contributed by atoms with Gasteiger partial charge in [-0.05, 0) is 18.2 Å². The molecule has 2 aromatic rings. The molecule has 5 heteroatoms. The van der Waals surface area contributed by atoms with Crippen LogP contribution in [0.15, 0.2) is 39.5 Å². The molecule has 1 aromatic carbocycles. The SMILES string of the molecule is O=c1ccc2ccc(OC[C@H]3CNCCO3)cc2o1. The number of morpholine rings is 1. The fourth-order valence-corrected chi connectivity index (χ4v) is 2.05. The van der Waals surface area contributed by atoms with E-state index < -0.39 is 0 Å². The summed E-state index contributed by atoms with van der Waals surface area (Å²) in [6.07, 6.45) is 0.0622. The first-order chi connectivity index (χ1) is 9.31. The highest BCUT2D eigenvalue weighted by Crippen LogP contribution is 2.19. The second-order valence-electron chi connectivity index (χ2n) is 4.46. The molecule has 5 nitrogen and oxygen atoms in total. The first-order valence-electron chi connectivity index (χ1n) is 6.30. The zero-order chi connectivity index (χ0) is 13.1. The van der Waals surface area contributed by atoms with Crippen molar-refractivity contribution >= 4 is 11.0 Å². The van der Waals surface area contributed by atoms with Gasteiger partial charge in [0.05, 0.1) is 6.61 Å². The third kappa shape index (κ3) is 2.94. The lowest BCUT2D eigenvalue weighted by Crippen LogP contribution is -2.41. The Labute approximate surface area is 110 Å². The van der Waals surface area contributed by atoms with Crippen LogP contribution in [-0.4, -0.2) is 32.4 Å². The molecule has 0 amide bonds. The molecule has 1 fully saturated rings. The summed E-state index contributed by atoms with van der Waals surface area (Å²) in [5.74, 6) is 0.677. The molecule has 0 unspecified atom stereocenters. The van der Waals surface area contributed by atoms with E-state index in [1.165, 1.54) is 6.07 Å². The van der Waals surface area contributed by atoms with E-state index in [9.17, 15) is 4.79 Å². The van der Waals surface area contributed by atoms with E-state index in [4.69, 9.17) is 13.9 Å². The minimum absolute atomic E-state index is 0.0622. The van der Waals surface area contributed by atoms with Crippen LogP contribution < -0.4 is 15.7 Å². The number of rotatable bonds is 3. The molecule has 0 radical (unpaired) electrons. The van der Waals surface area contributed by atoms with Crippen LogP contribution in [-0.2, 0) is 4.74 Å². The average molecular weight is 261 g/mol. The average Bonchev–Trinajstić information content (AvgIpc) is 2.46.